The Morgan fingerprint density at radius 2 is 1.76 bits per heavy atom. The quantitative estimate of drug-likeness (QED) is 0.190. The van der Waals surface area contributed by atoms with E-state index >= 15 is 0 Å². The lowest BCUT2D eigenvalue weighted by atomic mass is 9.93. The van der Waals surface area contributed by atoms with E-state index in [1.807, 2.05) is 37.3 Å². The van der Waals surface area contributed by atoms with Gasteiger partial charge < -0.3 is 25.6 Å². The predicted octanol–water partition coefficient (Wildman–Crippen LogP) is 5.54. The van der Waals surface area contributed by atoms with Crippen LogP contribution in [0.2, 0.25) is 0 Å². The van der Waals surface area contributed by atoms with Gasteiger partial charge in [-0.1, -0.05) is 55.5 Å². The Labute approximate surface area is 217 Å². The molecule has 3 rings (SSSR count). The Morgan fingerprint density at radius 1 is 1.00 bits per heavy atom. The number of allylic oxidation sites excluding steroid dienone is 1. The van der Waals surface area contributed by atoms with Gasteiger partial charge in [-0.3, -0.25) is 10.1 Å². The lowest BCUT2D eigenvalue weighted by Crippen LogP contribution is -2.22. The van der Waals surface area contributed by atoms with Gasteiger partial charge in [-0.25, -0.2) is 4.79 Å². The minimum absolute atomic E-state index is 0.0768. The predicted molar refractivity (Wildman–Crippen MR) is 145 cm³/mol. The Balaban J connectivity index is 1.65. The number of anilines is 3. The number of carbonyl (C=O) groups excluding carboxylic acids is 2. The van der Waals surface area contributed by atoms with Crippen LogP contribution in [0.15, 0.2) is 91.0 Å². The van der Waals surface area contributed by atoms with E-state index in [4.69, 9.17) is 20.3 Å². The number of hydrogen-bond acceptors (Lipinski definition) is 6. The summed E-state index contributed by atoms with van der Waals surface area (Å²) in [5.74, 6) is 0.231. The van der Waals surface area contributed by atoms with Crippen LogP contribution in [0.5, 0.6) is 5.75 Å². The minimum Gasteiger partial charge on any atom is -0.491 e. The molecule has 5 N–H and O–H groups in total. The van der Waals surface area contributed by atoms with Crippen LogP contribution in [0.25, 0.3) is 0 Å². The first-order valence-electron chi connectivity index (χ1n) is 12.1. The summed E-state index contributed by atoms with van der Waals surface area (Å²) in [6.45, 7) is 2.05. The maximum absolute atomic E-state index is 12.7. The molecule has 194 valence electrons. The summed E-state index contributed by atoms with van der Waals surface area (Å²) < 4.78 is 11.4. The lowest BCUT2D eigenvalue weighted by molar-refractivity contribution is -0.111. The molecule has 3 aromatic rings. The fraction of sp³-hybridized carbons (Fsp3) is 0.241. The standard InChI is InChI=1S/C29H33N3O5/c1-21(10-5-8-17-27(34)32-26-16-7-6-15-25(26)30)28(22-11-9-14-24(20-22)36-19-18-33)37-29(35)31-23-12-3-2-4-13-23/h2-4,6-9,11-17,20-21,28,33H,5,10,18-19,30H2,1H3,(H,31,35)(H,32,34)/b17-8+/t21-,28+/m1/s1. The lowest BCUT2D eigenvalue weighted by Gasteiger charge is -2.25. The van der Waals surface area contributed by atoms with Gasteiger partial charge in [0.2, 0.25) is 5.91 Å². The van der Waals surface area contributed by atoms with Gasteiger partial charge in [0, 0.05) is 5.69 Å². The number of aliphatic hydroxyl groups is 1. The molecule has 0 heterocycles. The Morgan fingerprint density at radius 3 is 2.51 bits per heavy atom. The molecule has 0 aliphatic rings. The molecular weight excluding hydrogens is 470 g/mol. The maximum Gasteiger partial charge on any atom is 0.412 e. The number of nitrogen functional groups attached to an aromatic ring is 1. The smallest absolute Gasteiger partial charge is 0.412 e. The average molecular weight is 504 g/mol. The van der Waals surface area contributed by atoms with Crippen molar-refractivity contribution in [2.45, 2.75) is 25.9 Å². The van der Waals surface area contributed by atoms with Gasteiger partial charge in [0.25, 0.3) is 0 Å². The van der Waals surface area contributed by atoms with Crippen molar-refractivity contribution in [3.63, 3.8) is 0 Å². The third-order valence-corrected chi connectivity index (χ3v) is 5.59. The first kappa shape index (κ1) is 27.3. The summed E-state index contributed by atoms with van der Waals surface area (Å²) in [5.41, 5.74) is 8.33. The van der Waals surface area contributed by atoms with Crippen molar-refractivity contribution in [1.82, 2.24) is 0 Å². The molecule has 0 aliphatic heterocycles. The van der Waals surface area contributed by atoms with Crippen molar-refractivity contribution < 1.29 is 24.2 Å². The van der Waals surface area contributed by atoms with Crippen LogP contribution in [0.4, 0.5) is 21.9 Å². The number of aliphatic hydroxyl groups excluding tert-OH is 1. The van der Waals surface area contributed by atoms with Gasteiger partial charge in [-0.05, 0) is 66.8 Å². The zero-order valence-electron chi connectivity index (χ0n) is 20.8. The minimum atomic E-state index is -0.569. The highest BCUT2D eigenvalue weighted by atomic mass is 16.6. The third kappa shape index (κ3) is 9.01. The number of para-hydroxylation sites is 3. The van der Waals surface area contributed by atoms with Crippen molar-refractivity contribution in [3.05, 3.63) is 96.6 Å². The fourth-order valence-corrected chi connectivity index (χ4v) is 3.73. The van der Waals surface area contributed by atoms with E-state index in [2.05, 4.69) is 10.6 Å². The van der Waals surface area contributed by atoms with E-state index in [-0.39, 0.29) is 25.0 Å². The second-order valence-corrected chi connectivity index (χ2v) is 8.49. The van der Waals surface area contributed by atoms with Crippen LogP contribution in [-0.4, -0.2) is 30.3 Å². The molecule has 0 fully saturated rings. The molecule has 0 spiro atoms. The number of nitrogens with one attached hydrogen (secondary N) is 2. The third-order valence-electron chi connectivity index (χ3n) is 5.59. The molecule has 8 heteroatoms. The summed E-state index contributed by atoms with van der Waals surface area (Å²) in [6.07, 6.45) is 3.38. The molecule has 0 bridgehead atoms. The van der Waals surface area contributed by atoms with E-state index < -0.39 is 12.2 Å². The van der Waals surface area contributed by atoms with Gasteiger partial charge in [-0.2, -0.15) is 0 Å². The number of benzene rings is 3. The molecule has 37 heavy (non-hydrogen) atoms. The number of carbonyl (C=O) groups is 2. The number of nitrogens with two attached hydrogens (primary N) is 1. The van der Waals surface area contributed by atoms with Crippen molar-refractivity contribution in [2.75, 3.05) is 29.6 Å². The van der Waals surface area contributed by atoms with Crippen molar-refractivity contribution in [2.24, 2.45) is 5.92 Å². The van der Waals surface area contributed by atoms with Crippen LogP contribution >= 0.6 is 0 Å². The monoisotopic (exact) mass is 503 g/mol. The Bertz CT molecular complexity index is 1180. The van der Waals surface area contributed by atoms with Crippen LogP contribution < -0.4 is 21.1 Å². The average Bonchev–Trinajstić information content (AvgIpc) is 2.90. The fourth-order valence-electron chi connectivity index (χ4n) is 3.73. The molecule has 0 saturated heterocycles. The summed E-state index contributed by atoms with van der Waals surface area (Å²) in [7, 11) is 0. The second-order valence-electron chi connectivity index (χ2n) is 8.49. The molecule has 0 aliphatic carbocycles. The summed E-state index contributed by atoms with van der Waals surface area (Å²) >= 11 is 0. The first-order chi connectivity index (χ1) is 18.0. The molecule has 0 unspecified atom stereocenters. The molecule has 2 amide bonds. The van der Waals surface area contributed by atoms with E-state index in [1.165, 1.54) is 6.08 Å². The SMILES string of the molecule is C[C@H](CC/C=C/C(=O)Nc1ccccc1N)[C@H](OC(=O)Nc1ccccc1)c1cccc(OCCO)c1. The number of amides is 2. The van der Waals surface area contributed by atoms with Gasteiger partial charge in [0.15, 0.2) is 0 Å². The van der Waals surface area contributed by atoms with E-state index in [9.17, 15) is 9.59 Å². The van der Waals surface area contributed by atoms with Crippen molar-refractivity contribution in [3.8, 4) is 5.75 Å². The second kappa shape index (κ2) is 14.3. The van der Waals surface area contributed by atoms with Crippen LogP contribution in [-0.2, 0) is 9.53 Å². The van der Waals surface area contributed by atoms with Crippen LogP contribution in [0.1, 0.15) is 31.4 Å². The van der Waals surface area contributed by atoms with Crippen molar-refractivity contribution in [1.29, 1.82) is 0 Å². The number of hydrogen-bond donors (Lipinski definition) is 4. The largest absolute Gasteiger partial charge is 0.491 e. The molecular formula is C29H33N3O5. The molecule has 3 aromatic carbocycles. The highest BCUT2D eigenvalue weighted by Crippen LogP contribution is 2.32. The molecule has 0 aromatic heterocycles. The molecule has 0 radical (unpaired) electrons. The van der Waals surface area contributed by atoms with Crippen molar-refractivity contribution >= 4 is 29.1 Å². The molecule has 8 nitrogen and oxygen atoms in total. The summed E-state index contributed by atoms with van der Waals surface area (Å²) in [5, 5.41) is 14.6. The molecule has 2 atom stereocenters. The van der Waals surface area contributed by atoms with Crippen LogP contribution in [0.3, 0.4) is 0 Å². The highest BCUT2D eigenvalue weighted by Gasteiger charge is 2.24. The molecule has 0 saturated carbocycles. The zero-order chi connectivity index (χ0) is 26.5. The normalized spacial score (nSPS) is 12.5. The van der Waals surface area contributed by atoms with Gasteiger partial charge in [0.1, 0.15) is 18.5 Å². The summed E-state index contributed by atoms with van der Waals surface area (Å²) in [6, 6.07) is 23.4. The Hall–Kier alpha value is -4.30. The zero-order valence-corrected chi connectivity index (χ0v) is 20.8. The van der Waals surface area contributed by atoms with Gasteiger partial charge in [-0.15, -0.1) is 0 Å². The van der Waals surface area contributed by atoms with Crippen LogP contribution in [0, 0.1) is 5.92 Å². The summed E-state index contributed by atoms with van der Waals surface area (Å²) in [4.78, 5) is 24.9. The number of rotatable bonds is 12. The Kier molecular flexibility index (Phi) is 10.6. The van der Waals surface area contributed by atoms with E-state index in [0.29, 0.717) is 35.7 Å². The van der Waals surface area contributed by atoms with Gasteiger partial charge in [0.05, 0.1) is 18.0 Å². The first-order valence-corrected chi connectivity index (χ1v) is 12.1. The van der Waals surface area contributed by atoms with E-state index in [0.717, 1.165) is 5.56 Å². The topological polar surface area (TPSA) is 123 Å². The number of ether oxygens (including phenoxy) is 2. The highest BCUT2D eigenvalue weighted by molar-refractivity contribution is 6.01. The van der Waals surface area contributed by atoms with E-state index in [1.54, 1.807) is 54.6 Å². The maximum atomic E-state index is 12.7. The van der Waals surface area contributed by atoms with Gasteiger partial charge >= 0.3 is 6.09 Å².